The summed E-state index contributed by atoms with van der Waals surface area (Å²) in [6.45, 7) is 0.149. The molecule has 0 N–H and O–H groups in total. The number of benzene rings is 2. The molecule has 1 aromatic heterocycles. The molecule has 1 aliphatic rings. The van der Waals surface area contributed by atoms with E-state index >= 15 is 0 Å². The zero-order valence-corrected chi connectivity index (χ0v) is 15.5. The van der Waals surface area contributed by atoms with Gasteiger partial charge in [0.25, 0.3) is 5.89 Å². The summed E-state index contributed by atoms with van der Waals surface area (Å²) in [5.74, 6) is 0.535. The molecule has 0 saturated carbocycles. The summed E-state index contributed by atoms with van der Waals surface area (Å²) < 4.78 is 16.1. The zero-order chi connectivity index (χ0) is 18.8. The van der Waals surface area contributed by atoms with Crippen molar-refractivity contribution >= 4 is 29.2 Å². The smallest absolute Gasteiger partial charge is 0.313 e. The first-order chi connectivity index (χ1) is 13.1. The predicted molar refractivity (Wildman–Crippen MR) is 98.7 cm³/mol. The Morgan fingerprint density at radius 3 is 2.89 bits per heavy atom. The lowest BCUT2D eigenvalue weighted by molar-refractivity contribution is -0.152. The molecule has 138 valence electrons. The lowest BCUT2D eigenvalue weighted by Gasteiger charge is -2.23. The summed E-state index contributed by atoms with van der Waals surface area (Å²) in [6, 6.07) is 12.4. The summed E-state index contributed by atoms with van der Waals surface area (Å²) >= 11 is 12.0. The van der Waals surface area contributed by atoms with Crippen LogP contribution in [0.5, 0.6) is 5.75 Å². The molecule has 27 heavy (non-hydrogen) atoms. The first-order valence-corrected chi connectivity index (χ1v) is 9.00. The van der Waals surface area contributed by atoms with Crippen LogP contribution in [-0.2, 0) is 22.6 Å². The van der Waals surface area contributed by atoms with E-state index in [2.05, 4.69) is 10.1 Å². The van der Waals surface area contributed by atoms with E-state index in [1.165, 1.54) is 0 Å². The van der Waals surface area contributed by atoms with Crippen LogP contribution in [0.4, 0.5) is 0 Å². The summed E-state index contributed by atoms with van der Waals surface area (Å²) in [6.07, 6.45) is 0.506. The van der Waals surface area contributed by atoms with Gasteiger partial charge in [0.15, 0.2) is 6.61 Å². The van der Waals surface area contributed by atoms with E-state index in [1.807, 2.05) is 6.07 Å². The Kier molecular flexibility index (Phi) is 5.01. The molecule has 2 heterocycles. The highest BCUT2D eigenvalue weighted by molar-refractivity contribution is 6.31. The highest BCUT2D eigenvalue weighted by atomic mass is 35.5. The first-order valence-electron chi connectivity index (χ1n) is 8.25. The van der Waals surface area contributed by atoms with E-state index in [4.69, 9.17) is 37.2 Å². The van der Waals surface area contributed by atoms with Crippen molar-refractivity contribution < 1.29 is 18.8 Å². The fraction of sp³-hybridized carbons (Fsp3) is 0.211. The molecule has 0 fully saturated rings. The normalized spacial score (nSPS) is 15.7. The van der Waals surface area contributed by atoms with E-state index in [9.17, 15) is 4.79 Å². The minimum Gasteiger partial charge on any atom is -0.492 e. The zero-order valence-electron chi connectivity index (χ0n) is 14.0. The van der Waals surface area contributed by atoms with Gasteiger partial charge in [0.05, 0.1) is 5.92 Å². The Morgan fingerprint density at radius 2 is 2.04 bits per heavy atom. The van der Waals surface area contributed by atoms with E-state index in [-0.39, 0.29) is 25.1 Å². The Balaban J connectivity index is 1.37. The molecule has 0 radical (unpaired) electrons. The van der Waals surface area contributed by atoms with Gasteiger partial charge in [-0.2, -0.15) is 4.98 Å². The van der Waals surface area contributed by atoms with Crippen LogP contribution in [0.1, 0.15) is 11.5 Å². The summed E-state index contributed by atoms with van der Waals surface area (Å²) in [7, 11) is 0. The van der Waals surface area contributed by atoms with Crippen LogP contribution >= 0.6 is 23.2 Å². The van der Waals surface area contributed by atoms with Crippen molar-refractivity contribution in [1.82, 2.24) is 10.1 Å². The molecule has 0 saturated heterocycles. The van der Waals surface area contributed by atoms with Gasteiger partial charge in [0.2, 0.25) is 5.82 Å². The van der Waals surface area contributed by atoms with E-state index in [0.717, 1.165) is 16.9 Å². The van der Waals surface area contributed by atoms with Gasteiger partial charge in [-0.15, -0.1) is 0 Å². The van der Waals surface area contributed by atoms with Crippen LogP contribution in [0.25, 0.3) is 11.4 Å². The van der Waals surface area contributed by atoms with Crippen LogP contribution in [0.2, 0.25) is 10.0 Å². The molecular formula is C19H14Cl2N2O4. The molecule has 1 atom stereocenters. The van der Waals surface area contributed by atoms with E-state index < -0.39 is 5.92 Å². The lowest BCUT2D eigenvalue weighted by Crippen LogP contribution is -2.29. The maximum absolute atomic E-state index is 12.3. The Bertz CT molecular complexity index is 989. The standard InChI is InChI=1S/C19H14Cl2N2O4/c20-14-3-1-2-11(7-14)18-22-17(27-23-18)10-26-19(24)13-6-12-8-15(21)4-5-16(12)25-9-13/h1-5,7-8,13H,6,9-10H2/t13-/m0/s1. The number of hydrogen-bond donors (Lipinski definition) is 0. The van der Waals surface area contributed by atoms with E-state index in [0.29, 0.717) is 22.3 Å². The molecule has 1 aliphatic heterocycles. The monoisotopic (exact) mass is 404 g/mol. The van der Waals surface area contributed by atoms with Crippen molar-refractivity contribution in [3.05, 3.63) is 64.0 Å². The number of esters is 1. The third-order valence-electron chi connectivity index (χ3n) is 4.15. The van der Waals surface area contributed by atoms with Crippen molar-refractivity contribution in [2.75, 3.05) is 6.61 Å². The lowest BCUT2D eigenvalue weighted by atomic mass is 9.97. The fourth-order valence-corrected chi connectivity index (χ4v) is 3.21. The van der Waals surface area contributed by atoms with Crippen LogP contribution in [0.3, 0.4) is 0 Å². The van der Waals surface area contributed by atoms with Crippen molar-refractivity contribution in [3.8, 4) is 17.1 Å². The van der Waals surface area contributed by atoms with Gasteiger partial charge in [-0.05, 0) is 42.3 Å². The minimum absolute atomic E-state index is 0.106. The first kappa shape index (κ1) is 17.8. The molecule has 0 bridgehead atoms. The number of carbonyl (C=O) groups excluding carboxylic acids is 1. The molecule has 3 aromatic rings. The van der Waals surface area contributed by atoms with Gasteiger partial charge in [-0.3, -0.25) is 4.79 Å². The Hall–Kier alpha value is -2.57. The van der Waals surface area contributed by atoms with Crippen LogP contribution < -0.4 is 4.74 Å². The van der Waals surface area contributed by atoms with Crippen molar-refractivity contribution in [1.29, 1.82) is 0 Å². The molecular weight excluding hydrogens is 391 g/mol. The molecule has 0 spiro atoms. The maximum Gasteiger partial charge on any atom is 0.313 e. The number of nitrogens with zero attached hydrogens (tertiary/aromatic N) is 2. The summed E-state index contributed by atoms with van der Waals surface area (Å²) in [4.78, 5) is 16.6. The number of aromatic nitrogens is 2. The largest absolute Gasteiger partial charge is 0.492 e. The molecule has 6 nitrogen and oxygen atoms in total. The second-order valence-corrected chi connectivity index (χ2v) is 6.97. The molecule has 2 aromatic carbocycles. The van der Waals surface area contributed by atoms with Crippen LogP contribution in [-0.4, -0.2) is 22.7 Å². The van der Waals surface area contributed by atoms with Crippen molar-refractivity contribution in [2.24, 2.45) is 5.92 Å². The summed E-state index contributed by atoms with van der Waals surface area (Å²) in [5.41, 5.74) is 1.61. The second kappa shape index (κ2) is 7.58. The number of fused-ring (bicyclic) bond motifs is 1. The topological polar surface area (TPSA) is 74.5 Å². The Morgan fingerprint density at radius 1 is 1.19 bits per heavy atom. The minimum atomic E-state index is -0.411. The van der Waals surface area contributed by atoms with Gasteiger partial charge in [0, 0.05) is 15.6 Å². The number of rotatable bonds is 4. The third kappa shape index (κ3) is 4.07. The number of hydrogen-bond acceptors (Lipinski definition) is 6. The quantitative estimate of drug-likeness (QED) is 0.602. The summed E-state index contributed by atoms with van der Waals surface area (Å²) in [5, 5.41) is 5.06. The van der Waals surface area contributed by atoms with Crippen molar-refractivity contribution in [3.63, 3.8) is 0 Å². The SMILES string of the molecule is O=C(OCc1nc(-c2cccc(Cl)c2)no1)[C@@H]1COc2ccc(Cl)cc2C1. The molecule has 4 rings (SSSR count). The van der Waals surface area contributed by atoms with Gasteiger partial charge in [-0.1, -0.05) is 40.5 Å². The number of carbonyl (C=O) groups is 1. The highest BCUT2D eigenvalue weighted by Crippen LogP contribution is 2.30. The highest BCUT2D eigenvalue weighted by Gasteiger charge is 2.28. The molecule has 0 aliphatic carbocycles. The number of ether oxygens (including phenoxy) is 2. The number of halogens is 2. The predicted octanol–water partition coefficient (Wildman–Crippen LogP) is 4.34. The van der Waals surface area contributed by atoms with Crippen molar-refractivity contribution in [2.45, 2.75) is 13.0 Å². The molecule has 0 amide bonds. The average Bonchev–Trinajstić information content (AvgIpc) is 3.14. The van der Waals surface area contributed by atoms with Gasteiger partial charge in [0.1, 0.15) is 12.4 Å². The third-order valence-corrected chi connectivity index (χ3v) is 4.62. The van der Waals surface area contributed by atoms with Gasteiger partial charge in [-0.25, -0.2) is 0 Å². The fourth-order valence-electron chi connectivity index (χ4n) is 2.82. The van der Waals surface area contributed by atoms with E-state index in [1.54, 1.807) is 36.4 Å². The second-order valence-electron chi connectivity index (χ2n) is 6.09. The molecule has 0 unspecified atom stereocenters. The molecule has 8 heteroatoms. The van der Waals surface area contributed by atoms with Gasteiger partial charge < -0.3 is 14.0 Å². The average molecular weight is 405 g/mol. The Labute approximate surface area is 165 Å². The van der Waals surface area contributed by atoms with Crippen LogP contribution in [0, 0.1) is 5.92 Å². The van der Waals surface area contributed by atoms with Gasteiger partial charge >= 0.3 is 5.97 Å². The maximum atomic E-state index is 12.3. The van der Waals surface area contributed by atoms with Crippen LogP contribution in [0.15, 0.2) is 47.0 Å².